The van der Waals surface area contributed by atoms with Crippen molar-refractivity contribution in [2.75, 3.05) is 0 Å². The van der Waals surface area contributed by atoms with Crippen LogP contribution in [-0.2, 0) is 6.42 Å². The molecule has 0 atom stereocenters. The van der Waals surface area contributed by atoms with E-state index in [2.05, 4.69) is 16.9 Å². The number of nitrogens with one attached hydrogen (secondary N) is 1. The van der Waals surface area contributed by atoms with Crippen molar-refractivity contribution in [1.29, 1.82) is 0 Å². The first-order valence-electron chi connectivity index (χ1n) is 5.86. The van der Waals surface area contributed by atoms with Gasteiger partial charge in [0.15, 0.2) is 0 Å². The van der Waals surface area contributed by atoms with Gasteiger partial charge in [0.2, 0.25) is 0 Å². The Morgan fingerprint density at radius 1 is 1.24 bits per heavy atom. The average molecular weight is 228 g/mol. The van der Waals surface area contributed by atoms with Crippen molar-refractivity contribution in [2.24, 2.45) is 0 Å². The van der Waals surface area contributed by atoms with E-state index >= 15 is 0 Å². The van der Waals surface area contributed by atoms with Gasteiger partial charge in [-0.25, -0.2) is 4.98 Å². The van der Waals surface area contributed by atoms with Crippen molar-refractivity contribution < 1.29 is 0 Å². The first-order valence-corrected chi connectivity index (χ1v) is 5.86. The quantitative estimate of drug-likeness (QED) is 0.877. The molecule has 0 saturated heterocycles. The third kappa shape index (κ3) is 2.44. The molecule has 2 aromatic rings. The van der Waals surface area contributed by atoms with Gasteiger partial charge in [-0.15, -0.1) is 0 Å². The maximum Gasteiger partial charge on any atom is 0.254 e. The van der Waals surface area contributed by atoms with Crippen molar-refractivity contribution in [3.63, 3.8) is 0 Å². The summed E-state index contributed by atoms with van der Waals surface area (Å²) < 4.78 is 0. The summed E-state index contributed by atoms with van der Waals surface area (Å²) in [6, 6.07) is 8.09. The van der Waals surface area contributed by atoms with Crippen molar-refractivity contribution in [2.45, 2.75) is 26.7 Å². The molecule has 0 amide bonds. The van der Waals surface area contributed by atoms with Gasteiger partial charge >= 0.3 is 0 Å². The van der Waals surface area contributed by atoms with Gasteiger partial charge in [0, 0.05) is 11.1 Å². The predicted octanol–water partition coefficient (Wildman–Crippen LogP) is 2.70. The molecule has 0 fully saturated rings. The summed E-state index contributed by atoms with van der Waals surface area (Å²) in [6.07, 6.45) is 3.16. The van der Waals surface area contributed by atoms with Gasteiger partial charge in [-0.05, 0) is 13.3 Å². The molecule has 0 aliphatic rings. The zero-order chi connectivity index (χ0) is 12.3. The molecule has 1 aromatic heterocycles. The zero-order valence-electron chi connectivity index (χ0n) is 10.2. The summed E-state index contributed by atoms with van der Waals surface area (Å²) in [5.74, 6) is 0. The standard InChI is InChI=1S/C14H16N2O/c1-3-4-12-13(15-9-16-14(12)17)11-7-5-10(2)6-8-11/h5-9H,3-4H2,1-2H3,(H,15,16,17). The Morgan fingerprint density at radius 3 is 2.59 bits per heavy atom. The summed E-state index contributed by atoms with van der Waals surface area (Å²) >= 11 is 0. The maximum atomic E-state index is 11.8. The Balaban J connectivity index is 2.54. The lowest BCUT2D eigenvalue weighted by molar-refractivity contribution is 0.888. The van der Waals surface area contributed by atoms with Crippen LogP contribution in [0.15, 0.2) is 35.4 Å². The van der Waals surface area contributed by atoms with E-state index in [1.54, 1.807) is 0 Å². The van der Waals surface area contributed by atoms with Gasteiger partial charge in [-0.2, -0.15) is 0 Å². The van der Waals surface area contributed by atoms with Gasteiger partial charge in [-0.3, -0.25) is 4.79 Å². The second-order valence-corrected chi connectivity index (χ2v) is 4.17. The lowest BCUT2D eigenvalue weighted by atomic mass is 10.0. The van der Waals surface area contributed by atoms with Gasteiger partial charge in [0.1, 0.15) is 0 Å². The third-order valence-electron chi connectivity index (χ3n) is 2.77. The van der Waals surface area contributed by atoms with Crippen LogP contribution in [0, 0.1) is 6.92 Å². The number of nitrogens with zero attached hydrogens (tertiary/aromatic N) is 1. The van der Waals surface area contributed by atoms with Crippen LogP contribution < -0.4 is 5.56 Å². The molecule has 0 radical (unpaired) electrons. The Bertz CT molecular complexity index is 555. The summed E-state index contributed by atoms with van der Waals surface area (Å²) in [7, 11) is 0. The van der Waals surface area contributed by atoms with Gasteiger partial charge in [0.05, 0.1) is 12.0 Å². The van der Waals surface area contributed by atoms with Crippen LogP contribution in [0.4, 0.5) is 0 Å². The number of aromatic amines is 1. The lowest BCUT2D eigenvalue weighted by Crippen LogP contribution is -2.14. The van der Waals surface area contributed by atoms with E-state index in [1.807, 2.05) is 31.2 Å². The molecule has 2 rings (SSSR count). The molecule has 0 aliphatic heterocycles. The zero-order valence-corrected chi connectivity index (χ0v) is 10.2. The van der Waals surface area contributed by atoms with E-state index in [-0.39, 0.29) is 5.56 Å². The predicted molar refractivity (Wildman–Crippen MR) is 69.0 cm³/mol. The molecule has 0 unspecified atom stereocenters. The van der Waals surface area contributed by atoms with E-state index in [4.69, 9.17) is 0 Å². The fourth-order valence-electron chi connectivity index (χ4n) is 1.87. The number of H-pyrrole nitrogens is 1. The fraction of sp³-hybridized carbons (Fsp3) is 0.286. The van der Waals surface area contributed by atoms with E-state index in [1.165, 1.54) is 11.9 Å². The van der Waals surface area contributed by atoms with Crippen LogP contribution in [0.2, 0.25) is 0 Å². The number of aryl methyl sites for hydroxylation is 1. The molecule has 0 aliphatic carbocycles. The molecule has 1 heterocycles. The first kappa shape index (κ1) is 11.6. The molecular formula is C14H16N2O. The molecule has 1 N–H and O–H groups in total. The highest BCUT2D eigenvalue weighted by molar-refractivity contribution is 5.62. The van der Waals surface area contributed by atoms with E-state index in [0.29, 0.717) is 0 Å². The van der Waals surface area contributed by atoms with Crippen LogP contribution in [0.5, 0.6) is 0 Å². The SMILES string of the molecule is CCCc1c(-c2ccc(C)cc2)nc[nH]c1=O. The number of hydrogen-bond donors (Lipinski definition) is 1. The average Bonchev–Trinajstić information content (AvgIpc) is 2.33. The van der Waals surface area contributed by atoms with Crippen LogP contribution >= 0.6 is 0 Å². The highest BCUT2D eigenvalue weighted by Gasteiger charge is 2.09. The monoisotopic (exact) mass is 228 g/mol. The molecule has 0 saturated carbocycles. The highest BCUT2D eigenvalue weighted by Crippen LogP contribution is 2.19. The van der Waals surface area contributed by atoms with Gasteiger partial charge in [-0.1, -0.05) is 43.2 Å². The second kappa shape index (κ2) is 4.95. The van der Waals surface area contributed by atoms with Crippen LogP contribution in [0.25, 0.3) is 11.3 Å². The Labute approximate surface area is 101 Å². The summed E-state index contributed by atoms with van der Waals surface area (Å²) in [5, 5.41) is 0. The minimum atomic E-state index is -0.0302. The number of aromatic nitrogens is 2. The van der Waals surface area contributed by atoms with Crippen LogP contribution in [0.1, 0.15) is 24.5 Å². The molecular weight excluding hydrogens is 212 g/mol. The van der Waals surface area contributed by atoms with Crippen LogP contribution in [-0.4, -0.2) is 9.97 Å². The molecule has 0 spiro atoms. The van der Waals surface area contributed by atoms with Crippen molar-refractivity contribution >= 4 is 0 Å². The van der Waals surface area contributed by atoms with Crippen LogP contribution in [0.3, 0.4) is 0 Å². The fourth-order valence-corrected chi connectivity index (χ4v) is 1.87. The first-order chi connectivity index (χ1) is 8.22. The summed E-state index contributed by atoms with van der Waals surface area (Å²) in [6.45, 7) is 4.10. The molecule has 88 valence electrons. The molecule has 3 heteroatoms. The summed E-state index contributed by atoms with van der Waals surface area (Å²) in [4.78, 5) is 18.7. The van der Waals surface area contributed by atoms with Crippen molar-refractivity contribution in [3.8, 4) is 11.3 Å². The molecule has 0 bridgehead atoms. The second-order valence-electron chi connectivity index (χ2n) is 4.17. The minimum Gasteiger partial charge on any atom is -0.313 e. The number of benzene rings is 1. The lowest BCUT2D eigenvalue weighted by Gasteiger charge is -2.06. The molecule has 3 nitrogen and oxygen atoms in total. The van der Waals surface area contributed by atoms with Gasteiger partial charge < -0.3 is 4.98 Å². The van der Waals surface area contributed by atoms with E-state index < -0.39 is 0 Å². The molecule has 17 heavy (non-hydrogen) atoms. The normalized spacial score (nSPS) is 10.5. The Kier molecular flexibility index (Phi) is 3.38. The minimum absolute atomic E-state index is 0.0302. The van der Waals surface area contributed by atoms with E-state index in [9.17, 15) is 4.79 Å². The highest BCUT2D eigenvalue weighted by atomic mass is 16.1. The Morgan fingerprint density at radius 2 is 1.94 bits per heavy atom. The smallest absolute Gasteiger partial charge is 0.254 e. The third-order valence-corrected chi connectivity index (χ3v) is 2.77. The van der Waals surface area contributed by atoms with Crippen molar-refractivity contribution in [1.82, 2.24) is 9.97 Å². The molecule has 1 aromatic carbocycles. The number of rotatable bonds is 3. The largest absolute Gasteiger partial charge is 0.313 e. The van der Waals surface area contributed by atoms with Crippen molar-refractivity contribution in [3.05, 3.63) is 52.1 Å². The Hall–Kier alpha value is -1.90. The maximum absolute atomic E-state index is 11.8. The van der Waals surface area contributed by atoms with Gasteiger partial charge in [0.25, 0.3) is 5.56 Å². The topological polar surface area (TPSA) is 45.8 Å². The summed E-state index contributed by atoms with van der Waals surface area (Å²) in [5.41, 5.74) is 3.76. The van der Waals surface area contributed by atoms with E-state index in [0.717, 1.165) is 29.7 Å². The number of hydrogen-bond acceptors (Lipinski definition) is 2.